The summed E-state index contributed by atoms with van der Waals surface area (Å²) in [5.74, 6) is 1.19. The number of rotatable bonds is 6. The first kappa shape index (κ1) is 18.8. The molecule has 0 saturated carbocycles. The number of hydrogen-bond donors (Lipinski definition) is 2. The van der Waals surface area contributed by atoms with Crippen LogP contribution in [-0.4, -0.2) is 30.3 Å². The van der Waals surface area contributed by atoms with Crippen molar-refractivity contribution in [1.82, 2.24) is 5.32 Å². The van der Waals surface area contributed by atoms with Crippen LogP contribution in [0.5, 0.6) is 11.5 Å². The third-order valence-corrected chi connectivity index (χ3v) is 4.06. The summed E-state index contributed by atoms with van der Waals surface area (Å²) in [7, 11) is 1.63. The third kappa shape index (κ3) is 4.80. The van der Waals surface area contributed by atoms with Gasteiger partial charge in [0.15, 0.2) is 5.75 Å². The van der Waals surface area contributed by atoms with E-state index in [1.807, 2.05) is 53.4 Å². The molecular weight excluding hydrogens is 344 g/mol. The first-order valence-electron chi connectivity index (χ1n) is 8.74. The molecule has 1 aliphatic rings. The Balaban J connectivity index is 1.85. The summed E-state index contributed by atoms with van der Waals surface area (Å²) in [5, 5.41) is 12.5. The maximum Gasteiger partial charge on any atom is 0.288 e. The third-order valence-electron chi connectivity index (χ3n) is 4.06. The highest BCUT2D eigenvalue weighted by Gasteiger charge is 2.24. The van der Waals surface area contributed by atoms with E-state index in [1.54, 1.807) is 27.2 Å². The summed E-state index contributed by atoms with van der Waals surface area (Å²) in [6.07, 6.45) is 1.68. The zero-order chi connectivity index (χ0) is 19.4. The standard InChI is InChI=1S/C21H24N2O4/c1-21(2,25)14-22-20(24)19-13-23(17-9-4-5-10-18(17)27-19)12-15-7-6-8-16(11-15)26-3/h4-11,13,25H,12,14H2,1-3H3,(H,22,24). The predicted octanol–water partition coefficient (Wildman–Crippen LogP) is 2.82. The number of hydrogen-bond acceptors (Lipinski definition) is 5. The van der Waals surface area contributed by atoms with Crippen LogP contribution in [0.4, 0.5) is 5.69 Å². The molecule has 0 aliphatic carbocycles. The van der Waals surface area contributed by atoms with Crippen molar-refractivity contribution in [2.24, 2.45) is 0 Å². The van der Waals surface area contributed by atoms with Crippen LogP contribution in [-0.2, 0) is 11.3 Å². The number of nitrogens with zero attached hydrogens (tertiary/aromatic N) is 1. The van der Waals surface area contributed by atoms with E-state index in [4.69, 9.17) is 9.47 Å². The molecule has 3 rings (SSSR count). The number of nitrogens with one attached hydrogen (secondary N) is 1. The van der Waals surface area contributed by atoms with Gasteiger partial charge in [0.25, 0.3) is 5.91 Å². The first-order chi connectivity index (χ1) is 12.9. The van der Waals surface area contributed by atoms with E-state index >= 15 is 0 Å². The van der Waals surface area contributed by atoms with E-state index in [-0.39, 0.29) is 18.2 Å². The number of aliphatic hydroxyl groups is 1. The Morgan fingerprint density at radius 2 is 2.00 bits per heavy atom. The van der Waals surface area contributed by atoms with Gasteiger partial charge in [-0.3, -0.25) is 4.79 Å². The second kappa shape index (κ2) is 7.72. The molecule has 0 bridgehead atoms. The molecule has 0 spiro atoms. The van der Waals surface area contributed by atoms with E-state index in [0.29, 0.717) is 12.3 Å². The Hall–Kier alpha value is -2.99. The van der Waals surface area contributed by atoms with Gasteiger partial charge in [-0.15, -0.1) is 0 Å². The second-order valence-corrected chi connectivity index (χ2v) is 7.04. The zero-order valence-electron chi connectivity index (χ0n) is 15.7. The highest BCUT2D eigenvalue weighted by Crippen LogP contribution is 2.35. The summed E-state index contributed by atoms with van der Waals surface area (Å²) >= 11 is 0. The van der Waals surface area contributed by atoms with Gasteiger partial charge in [0.2, 0.25) is 5.76 Å². The number of fused-ring (bicyclic) bond motifs is 1. The molecule has 27 heavy (non-hydrogen) atoms. The van der Waals surface area contributed by atoms with Gasteiger partial charge < -0.3 is 24.8 Å². The van der Waals surface area contributed by atoms with Crippen molar-refractivity contribution in [3.05, 3.63) is 66.1 Å². The Labute approximate surface area is 159 Å². The number of amides is 1. The fourth-order valence-electron chi connectivity index (χ4n) is 2.72. The molecule has 0 saturated heterocycles. The fraction of sp³-hybridized carbons (Fsp3) is 0.286. The zero-order valence-corrected chi connectivity index (χ0v) is 15.7. The van der Waals surface area contributed by atoms with Gasteiger partial charge in [-0.1, -0.05) is 24.3 Å². The average Bonchev–Trinajstić information content (AvgIpc) is 2.65. The average molecular weight is 368 g/mol. The van der Waals surface area contributed by atoms with Crippen molar-refractivity contribution in [2.75, 3.05) is 18.6 Å². The molecule has 1 heterocycles. The molecule has 6 heteroatoms. The number of methoxy groups -OCH3 is 1. The fourth-order valence-corrected chi connectivity index (χ4v) is 2.72. The molecule has 0 unspecified atom stereocenters. The normalized spacial score (nSPS) is 13.3. The maximum atomic E-state index is 12.5. The van der Waals surface area contributed by atoms with Crippen molar-refractivity contribution < 1.29 is 19.4 Å². The Bertz CT molecular complexity index is 855. The SMILES string of the molecule is COc1cccc(CN2C=C(C(=O)NCC(C)(C)O)Oc3ccccc32)c1. The minimum atomic E-state index is -0.997. The van der Waals surface area contributed by atoms with Crippen LogP contribution in [0, 0.1) is 0 Å². The lowest BCUT2D eigenvalue weighted by Crippen LogP contribution is -2.40. The number of benzene rings is 2. The lowest BCUT2D eigenvalue weighted by atomic mass is 10.1. The summed E-state index contributed by atoms with van der Waals surface area (Å²) in [5.41, 5.74) is 0.918. The molecule has 1 amide bonds. The van der Waals surface area contributed by atoms with E-state index in [0.717, 1.165) is 17.0 Å². The van der Waals surface area contributed by atoms with Gasteiger partial charge >= 0.3 is 0 Å². The Kier molecular flexibility index (Phi) is 5.37. The minimum absolute atomic E-state index is 0.129. The van der Waals surface area contributed by atoms with Crippen molar-refractivity contribution >= 4 is 11.6 Å². The number of carbonyl (C=O) groups excluding carboxylic acids is 1. The summed E-state index contributed by atoms with van der Waals surface area (Å²) < 4.78 is 11.1. The van der Waals surface area contributed by atoms with E-state index in [1.165, 1.54) is 0 Å². The summed E-state index contributed by atoms with van der Waals surface area (Å²) in [4.78, 5) is 14.5. The molecule has 0 radical (unpaired) electrons. The van der Waals surface area contributed by atoms with Gasteiger partial charge in [-0.25, -0.2) is 0 Å². The molecule has 142 valence electrons. The van der Waals surface area contributed by atoms with Crippen LogP contribution < -0.4 is 19.7 Å². The Morgan fingerprint density at radius 1 is 1.22 bits per heavy atom. The van der Waals surface area contributed by atoms with Crippen LogP contribution in [0.15, 0.2) is 60.5 Å². The van der Waals surface area contributed by atoms with Gasteiger partial charge in [-0.05, 0) is 43.7 Å². The van der Waals surface area contributed by atoms with Crippen molar-refractivity contribution in [3.8, 4) is 11.5 Å². The topological polar surface area (TPSA) is 71.0 Å². The van der Waals surface area contributed by atoms with Crippen LogP contribution in [0.1, 0.15) is 19.4 Å². The van der Waals surface area contributed by atoms with Gasteiger partial charge in [-0.2, -0.15) is 0 Å². The molecule has 2 aromatic carbocycles. The second-order valence-electron chi connectivity index (χ2n) is 7.04. The largest absolute Gasteiger partial charge is 0.497 e. The molecule has 0 aromatic heterocycles. The summed E-state index contributed by atoms with van der Waals surface area (Å²) in [6.45, 7) is 3.95. The van der Waals surface area contributed by atoms with Crippen LogP contribution in [0.3, 0.4) is 0 Å². The predicted molar refractivity (Wildman–Crippen MR) is 104 cm³/mol. The number of ether oxygens (including phenoxy) is 2. The number of carbonyl (C=O) groups is 1. The molecular formula is C21H24N2O4. The highest BCUT2D eigenvalue weighted by molar-refractivity contribution is 5.93. The molecule has 1 aliphatic heterocycles. The molecule has 6 nitrogen and oxygen atoms in total. The maximum absolute atomic E-state index is 12.5. The first-order valence-corrected chi connectivity index (χ1v) is 8.74. The Morgan fingerprint density at radius 3 is 2.74 bits per heavy atom. The van der Waals surface area contributed by atoms with Gasteiger partial charge in [0.05, 0.1) is 24.6 Å². The van der Waals surface area contributed by atoms with Gasteiger partial charge in [0, 0.05) is 13.1 Å². The highest BCUT2D eigenvalue weighted by atomic mass is 16.5. The van der Waals surface area contributed by atoms with Crippen LogP contribution in [0.25, 0.3) is 0 Å². The van der Waals surface area contributed by atoms with E-state index in [9.17, 15) is 9.90 Å². The number of anilines is 1. The summed E-state index contributed by atoms with van der Waals surface area (Å²) in [6, 6.07) is 15.3. The van der Waals surface area contributed by atoms with Gasteiger partial charge in [0.1, 0.15) is 5.75 Å². The number of para-hydroxylation sites is 2. The monoisotopic (exact) mass is 368 g/mol. The van der Waals surface area contributed by atoms with E-state index in [2.05, 4.69) is 5.32 Å². The molecule has 2 aromatic rings. The van der Waals surface area contributed by atoms with Crippen molar-refractivity contribution in [2.45, 2.75) is 26.0 Å². The lowest BCUT2D eigenvalue weighted by molar-refractivity contribution is -0.120. The smallest absolute Gasteiger partial charge is 0.288 e. The van der Waals surface area contributed by atoms with Crippen molar-refractivity contribution in [1.29, 1.82) is 0 Å². The van der Waals surface area contributed by atoms with E-state index < -0.39 is 5.60 Å². The van der Waals surface area contributed by atoms with Crippen LogP contribution >= 0.6 is 0 Å². The molecule has 2 N–H and O–H groups in total. The molecule has 0 atom stereocenters. The quantitative estimate of drug-likeness (QED) is 0.820. The van der Waals surface area contributed by atoms with Crippen LogP contribution in [0.2, 0.25) is 0 Å². The lowest BCUT2D eigenvalue weighted by Gasteiger charge is -2.29. The van der Waals surface area contributed by atoms with Crippen molar-refractivity contribution in [3.63, 3.8) is 0 Å². The minimum Gasteiger partial charge on any atom is -0.497 e. The molecule has 0 fully saturated rings.